The lowest BCUT2D eigenvalue weighted by atomic mass is 10.1. The highest BCUT2D eigenvalue weighted by Crippen LogP contribution is 2.35. The van der Waals surface area contributed by atoms with Crippen LogP contribution in [0.15, 0.2) is 23.6 Å². The Bertz CT molecular complexity index is 600. The Morgan fingerprint density at radius 2 is 1.95 bits per heavy atom. The molecule has 1 fully saturated rings. The molecule has 0 atom stereocenters. The molecule has 0 unspecified atom stereocenters. The van der Waals surface area contributed by atoms with Gasteiger partial charge in [0.15, 0.2) is 0 Å². The van der Waals surface area contributed by atoms with Gasteiger partial charge in [-0.1, -0.05) is 0 Å². The normalized spacial score (nSPS) is 17.8. The lowest BCUT2D eigenvalue weighted by molar-refractivity contribution is -0.137. The largest absolute Gasteiger partial charge is 0.416 e. The van der Waals surface area contributed by atoms with Crippen LogP contribution in [0.1, 0.15) is 11.1 Å². The molecule has 1 aromatic heterocycles. The number of thiophene rings is 1. The van der Waals surface area contributed by atoms with Crippen LogP contribution in [-0.2, 0) is 12.7 Å². The topological polar surface area (TPSA) is 15.3 Å². The zero-order valence-electron chi connectivity index (χ0n) is 10.8. The van der Waals surface area contributed by atoms with Gasteiger partial charge in [0.05, 0.1) is 5.56 Å². The van der Waals surface area contributed by atoms with Gasteiger partial charge in [0.25, 0.3) is 0 Å². The lowest BCUT2D eigenvalue weighted by Gasteiger charge is -2.27. The van der Waals surface area contributed by atoms with Gasteiger partial charge in [-0.25, -0.2) is 0 Å². The minimum atomic E-state index is -4.28. The predicted molar refractivity (Wildman–Crippen MR) is 75.0 cm³/mol. The Kier molecular flexibility index (Phi) is 3.70. The van der Waals surface area contributed by atoms with Crippen molar-refractivity contribution in [2.45, 2.75) is 12.7 Å². The van der Waals surface area contributed by atoms with Crippen molar-refractivity contribution in [3.8, 4) is 0 Å². The number of alkyl halides is 3. The minimum Gasteiger partial charge on any atom is -0.314 e. The van der Waals surface area contributed by atoms with E-state index in [1.807, 2.05) is 5.38 Å². The number of rotatable bonds is 2. The van der Waals surface area contributed by atoms with E-state index in [0.29, 0.717) is 0 Å². The third-order valence-corrected chi connectivity index (χ3v) is 4.60. The molecule has 0 radical (unpaired) electrons. The van der Waals surface area contributed by atoms with Crippen LogP contribution in [0.3, 0.4) is 0 Å². The molecule has 3 rings (SSSR count). The van der Waals surface area contributed by atoms with Crippen molar-refractivity contribution < 1.29 is 13.2 Å². The Morgan fingerprint density at radius 3 is 2.65 bits per heavy atom. The van der Waals surface area contributed by atoms with E-state index in [4.69, 9.17) is 0 Å². The first-order valence-electron chi connectivity index (χ1n) is 6.54. The predicted octanol–water partition coefficient (Wildman–Crippen LogP) is 3.33. The van der Waals surface area contributed by atoms with Crippen LogP contribution >= 0.6 is 11.3 Å². The van der Waals surface area contributed by atoms with Crippen LogP contribution in [0.2, 0.25) is 0 Å². The highest BCUT2D eigenvalue weighted by Gasteiger charge is 2.30. The van der Waals surface area contributed by atoms with Crippen LogP contribution in [-0.4, -0.2) is 31.1 Å². The number of fused-ring (bicyclic) bond motifs is 1. The molecule has 1 aromatic carbocycles. The molecular formula is C14H15F3N2S. The zero-order valence-corrected chi connectivity index (χ0v) is 11.7. The van der Waals surface area contributed by atoms with Crippen LogP contribution in [0.5, 0.6) is 0 Å². The van der Waals surface area contributed by atoms with Crippen molar-refractivity contribution in [3.63, 3.8) is 0 Å². The number of benzene rings is 1. The van der Waals surface area contributed by atoms with Crippen LogP contribution in [0, 0.1) is 0 Å². The summed E-state index contributed by atoms with van der Waals surface area (Å²) in [6, 6.07) is 4.01. The molecule has 0 spiro atoms. The summed E-state index contributed by atoms with van der Waals surface area (Å²) in [7, 11) is 0. The monoisotopic (exact) mass is 300 g/mol. The standard InChI is InChI=1S/C14H15F3N2S/c15-14(16,17)11-1-2-13-12(7-11)10(9-20-13)8-19-5-3-18-4-6-19/h1-2,7,9,18H,3-6,8H2. The van der Waals surface area contributed by atoms with E-state index in [2.05, 4.69) is 10.2 Å². The summed E-state index contributed by atoms with van der Waals surface area (Å²) in [4.78, 5) is 2.28. The fourth-order valence-corrected chi connectivity index (χ4v) is 3.43. The van der Waals surface area contributed by atoms with Crippen molar-refractivity contribution in [1.29, 1.82) is 0 Å². The maximum Gasteiger partial charge on any atom is 0.416 e. The van der Waals surface area contributed by atoms with E-state index in [9.17, 15) is 13.2 Å². The van der Waals surface area contributed by atoms with Crippen LogP contribution in [0.4, 0.5) is 13.2 Å². The van der Waals surface area contributed by atoms with E-state index < -0.39 is 11.7 Å². The third kappa shape index (κ3) is 2.82. The van der Waals surface area contributed by atoms with Gasteiger partial charge >= 0.3 is 6.18 Å². The van der Waals surface area contributed by atoms with Crippen LogP contribution < -0.4 is 5.32 Å². The number of nitrogens with zero attached hydrogens (tertiary/aromatic N) is 1. The summed E-state index contributed by atoms with van der Waals surface area (Å²) in [5.41, 5.74) is 0.433. The molecular weight excluding hydrogens is 285 g/mol. The summed E-state index contributed by atoms with van der Waals surface area (Å²) in [6.07, 6.45) is -4.28. The minimum absolute atomic E-state index is 0.565. The van der Waals surface area contributed by atoms with E-state index in [1.165, 1.54) is 17.4 Å². The molecule has 20 heavy (non-hydrogen) atoms. The molecule has 0 aliphatic carbocycles. The maximum atomic E-state index is 12.8. The molecule has 6 heteroatoms. The molecule has 0 bridgehead atoms. The SMILES string of the molecule is FC(F)(F)c1ccc2scc(CN3CCNCC3)c2c1. The summed E-state index contributed by atoms with van der Waals surface area (Å²) in [5.74, 6) is 0. The average molecular weight is 300 g/mol. The molecule has 0 amide bonds. The smallest absolute Gasteiger partial charge is 0.314 e. The number of halogens is 3. The fraction of sp³-hybridized carbons (Fsp3) is 0.429. The first kappa shape index (κ1) is 13.9. The maximum absolute atomic E-state index is 12.8. The molecule has 108 valence electrons. The molecule has 1 aliphatic rings. The molecule has 2 nitrogen and oxygen atoms in total. The Labute approximate surface area is 119 Å². The van der Waals surface area contributed by atoms with Crippen molar-refractivity contribution in [2.24, 2.45) is 0 Å². The van der Waals surface area contributed by atoms with Gasteiger partial charge in [-0.15, -0.1) is 11.3 Å². The van der Waals surface area contributed by atoms with E-state index in [0.717, 1.165) is 54.4 Å². The first-order valence-corrected chi connectivity index (χ1v) is 7.42. The number of piperazine rings is 1. The number of hydrogen-bond acceptors (Lipinski definition) is 3. The highest BCUT2D eigenvalue weighted by atomic mass is 32.1. The molecule has 1 saturated heterocycles. The van der Waals surface area contributed by atoms with Gasteiger partial charge in [-0.05, 0) is 34.5 Å². The van der Waals surface area contributed by atoms with Crippen molar-refractivity contribution in [2.75, 3.05) is 26.2 Å². The summed E-state index contributed by atoms with van der Waals surface area (Å²) in [5, 5.41) is 5.99. The summed E-state index contributed by atoms with van der Waals surface area (Å²) < 4.78 is 39.3. The molecule has 2 aromatic rings. The van der Waals surface area contributed by atoms with Gasteiger partial charge in [-0.2, -0.15) is 13.2 Å². The number of nitrogens with one attached hydrogen (secondary N) is 1. The van der Waals surface area contributed by atoms with Crippen molar-refractivity contribution in [3.05, 3.63) is 34.7 Å². The van der Waals surface area contributed by atoms with Crippen LogP contribution in [0.25, 0.3) is 10.1 Å². The highest BCUT2D eigenvalue weighted by molar-refractivity contribution is 7.17. The van der Waals surface area contributed by atoms with Crippen molar-refractivity contribution in [1.82, 2.24) is 10.2 Å². The van der Waals surface area contributed by atoms with Crippen molar-refractivity contribution >= 4 is 21.4 Å². The second-order valence-corrected chi connectivity index (χ2v) is 5.91. The second kappa shape index (κ2) is 5.35. The lowest BCUT2D eigenvalue weighted by Crippen LogP contribution is -2.42. The fourth-order valence-electron chi connectivity index (χ4n) is 2.49. The summed E-state index contributed by atoms with van der Waals surface area (Å²) in [6.45, 7) is 4.49. The molecule has 0 saturated carbocycles. The first-order chi connectivity index (χ1) is 9.54. The Hall–Kier alpha value is -1.11. The Morgan fingerprint density at radius 1 is 1.20 bits per heavy atom. The van der Waals surface area contributed by atoms with Gasteiger partial charge in [-0.3, -0.25) is 4.90 Å². The van der Waals surface area contributed by atoms with Gasteiger partial charge < -0.3 is 5.32 Å². The zero-order chi connectivity index (χ0) is 14.2. The second-order valence-electron chi connectivity index (χ2n) is 5.00. The van der Waals surface area contributed by atoms with E-state index in [-0.39, 0.29) is 0 Å². The van der Waals surface area contributed by atoms with Gasteiger partial charge in [0.2, 0.25) is 0 Å². The third-order valence-electron chi connectivity index (χ3n) is 3.58. The molecule has 1 N–H and O–H groups in total. The van der Waals surface area contributed by atoms with E-state index >= 15 is 0 Å². The molecule has 1 aliphatic heterocycles. The number of hydrogen-bond donors (Lipinski definition) is 1. The van der Waals surface area contributed by atoms with Gasteiger partial charge in [0.1, 0.15) is 0 Å². The van der Waals surface area contributed by atoms with E-state index in [1.54, 1.807) is 6.07 Å². The average Bonchev–Trinajstić information content (AvgIpc) is 2.82. The quantitative estimate of drug-likeness (QED) is 0.915. The molecule has 2 heterocycles. The van der Waals surface area contributed by atoms with Gasteiger partial charge in [0, 0.05) is 37.4 Å². The Balaban J connectivity index is 1.90. The summed E-state index contributed by atoms with van der Waals surface area (Å²) >= 11 is 1.51.